The van der Waals surface area contributed by atoms with Gasteiger partial charge < -0.3 is 20.3 Å². The molecule has 0 atom stereocenters. The van der Waals surface area contributed by atoms with Crippen molar-refractivity contribution in [2.24, 2.45) is 5.92 Å². The van der Waals surface area contributed by atoms with E-state index in [9.17, 15) is 4.79 Å². The number of hydrogen-bond acceptors (Lipinski definition) is 4. The highest BCUT2D eigenvalue weighted by molar-refractivity contribution is 5.89. The van der Waals surface area contributed by atoms with Crippen LogP contribution in [0.5, 0.6) is 5.75 Å². The van der Waals surface area contributed by atoms with Crippen molar-refractivity contribution in [1.29, 1.82) is 0 Å². The van der Waals surface area contributed by atoms with Gasteiger partial charge in [-0.1, -0.05) is 13.3 Å². The van der Waals surface area contributed by atoms with E-state index in [4.69, 9.17) is 4.74 Å². The topological polar surface area (TPSA) is 66.5 Å². The van der Waals surface area contributed by atoms with Gasteiger partial charge in [-0.2, -0.15) is 0 Å². The van der Waals surface area contributed by atoms with Crippen LogP contribution in [-0.2, 0) is 0 Å². The highest BCUT2D eigenvalue weighted by atomic mass is 16.5. The number of ether oxygens (including phenoxy) is 1. The van der Waals surface area contributed by atoms with Crippen molar-refractivity contribution >= 4 is 17.4 Å². The fraction of sp³-hybridized carbons (Fsp3) is 0.455. The molecule has 0 aliphatic carbocycles. The number of anilines is 2. The maximum atomic E-state index is 12.2. The fourth-order valence-electron chi connectivity index (χ4n) is 3.33. The molecule has 0 saturated carbocycles. The number of nitrogens with zero attached hydrogens (tertiary/aromatic N) is 2. The van der Waals surface area contributed by atoms with E-state index in [1.54, 1.807) is 0 Å². The Bertz CT molecular complexity index is 713. The van der Waals surface area contributed by atoms with Crippen molar-refractivity contribution in [1.82, 2.24) is 10.3 Å². The van der Waals surface area contributed by atoms with Gasteiger partial charge >= 0.3 is 6.03 Å². The highest BCUT2D eigenvalue weighted by Gasteiger charge is 2.19. The van der Waals surface area contributed by atoms with Crippen molar-refractivity contribution in [3.63, 3.8) is 0 Å². The van der Waals surface area contributed by atoms with Crippen LogP contribution in [0.25, 0.3) is 0 Å². The number of carbonyl (C=O) groups is 1. The summed E-state index contributed by atoms with van der Waals surface area (Å²) in [5.41, 5.74) is 1.99. The number of nitrogens with one attached hydrogen (secondary N) is 2. The van der Waals surface area contributed by atoms with Crippen LogP contribution in [0.3, 0.4) is 0 Å². The van der Waals surface area contributed by atoms with Crippen molar-refractivity contribution in [3.8, 4) is 5.75 Å². The quantitative estimate of drug-likeness (QED) is 0.668. The Morgan fingerprint density at radius 2 is 1.86 bits per heavy atom. The average Bonchev–Trinajstić information content (AvgIpc) is 2.75. The van der Waals surface area contributed by atoms with Crippen molar-refractivity contribution in [2.45, 2.75) is 32.6 Å². The molecule has 28 heavy (non-hydrogen) atoms. The average molecular weight is 383 g/mol. The lowest BCUT2D eigenvalue weighted by molar-refractivity contribution is 0.248. The predicted octanol–water partition coefficient (Wildman–Crippen LogP) is 4.30. The Kier molecular flexibility index (Phi) is 7.53. The molecule has 1 aliphatic rings. The van der Waals surface area contributed by atoms with Gasteiger partial charge in [0.15, 0.2) is 0 Å². The zero-order valence-corrected chi connectivity index (χ0v) is 16.6. The summed E-state index contributed by atoms with van der Waals surface area (Å²) < 4.78 is 5.64. The molecule has 3 rings (SSSR count). The molecular formula is C22H30N4O2. The molecule has 2 aromatic rings. The van der Waals surface area contributed by atoms with Gasteiger partial charge in [0.05, 0.1) is 6.61 Å². The number of hydrogen-bond donors (Lipinski definition) is 2. The van der Waals surface area contributed by atoms with Crippen molar-refractivity contribution < 1.29 is 9.53 Å². The number of unbranched alkanes of at least 4 members (excludes halogenated alkanes) is 1. The lowest BCUT2D eigenvalue weighted by Gasteiger charge is -2.33. The number of carbonyl (C=O) groups excluding carboxylic acids is 1. The number of amides is 2. The summed E-state index contributed by atoms with van der Waals surface area (Å²) in [4.78, 5) is 18.6. The largest absolute Gasteiger partial charge is 0.494 e. The molecule has 2 amide bonds. The molecule has 6 nitrogen and oxygen atoms in total. The summed E-state index contributed by atoms with van der Waals surface area (Å²) in [6, 6.07) is 11.5. The Balaban J connectivity index is 1.35. The lowest BCUT2D eigenvalue weighted by Crippen LogP contribution is -2.39. The van der Waals surface area contributed by atoms with Gasteiger partial charge in [-0.3, -0.25) is 4.98 Å². The van der Waals surface area contributed by atoms with Crippen molar-refractivity contribution in [3.05, 3.63) is 48.8 Å². The summed E-state index contributed by atoms with van der Waals surface area (Å²) in [7, 11) is 0. The minimum atomic E-state index is -0.156. The van der Waals surface area contributed by atoms with Gasteiger partial charge in [0.1, 0.15) is 5.75 Å². The molecule has 1 saturated heterocycles. The maximum Gasteiger partial charge on any atom is 0.319 e. The molecule has 0 spiro atoms. The summed E-state index contributed by atoms with van der Waals surface area (Å²) in [5, 5.41) is 5.89. The second-order valence-electron chi connectivity index (χ2n) is 7.20. The molecule has 1 aromatic heterocycles. The summed E-state index contributed by atoms with van der Waals surface area (Å²) in [6.45, 7) is 5.59. The van der Waals surface area contributed by atoms with Crippen LogP contribution in [-0.4, -0.2) is 37.3 Å². The Morgan fingerprint density at radius 1 is 1.14 bits per heavy atom. The molecule has 1 aliphatic heterocycles. The number of pyridine rings is 1. The monoisotopic (exact) mass is 382 g/mol. The highest BCUT2D eigenvalue weighted by Crippen LogP contribution is 2.22. The molecule has 150 valence electrons. The molecule has 6 heteroatoms. The third-order valence-corrected chi connectivity index (χ3v) is 5.07. The fourth-order valence-corrected chi connectivity index (χ4v) is 3.33. The second-order valence-corrected chi connectivity index (χ2v) is 7.20. The van der Waals surface area contributed by atoms with E-state index >= 15 is 0 Å². The van der Waals surface area contributed by atoms with Crippen LogP contribution in [0.1, 0.15) is 32.6 Å². The first kappa shape index (κ1) is 20.0. The first-order chi connectivity index (χ1) is 13.7. The number of rotatable bonds is 8. The van der Waals surface area contributed by atoms with Crippen LogP contribution in [0, 0.1) is 5.92 Å². The van der Waals surface area contributed by atoms with E-state index in [0.717, 1.165) is 56.8 Å². The van der Waals surface area contributed by atoms with Crippen LogP contribution >= 0.6 is 0 Å². The zero-order chi connectivity index (χ0) is 19.6. The van der Waals surface area contributed by atoms with Gasteiger partial charge in [-0.15, -0.1) is 0 Å². The van der Waals surface area contributed by atoms with Gasteiger partial charge in [0, 0.05) is 43.4 Å². The third-order valence-electron chi connectivity index (χ3n) is 5.07. The zero-order valence-electron chi connectivity index (χ0n) is 16.6. The van der Waals surface area contributed by atoms with Crippen LogP contribution in [0.4, 0.5) is 16.2 Å². The Morgan fingerprint density at radius 3 is 2.54 bits per heavy atom. The Hall–Kier alpha value is -2.76. The number of urea groups is 1. The van der Waals surface area contributed by atoms with E-state index in [-0.39, 0.29) is 6.03 Å². The minimum absolute atomic E-state index is 0.156. The molecular weight excluding hydrogens is 352 g/mol. The van der Waals surface area contributed by atoms with Crippen LogP contribution < -0.4 is 20.3 Å². The molecule has 1 fully saturated rings. The standard InChI is InChI=1S/C22H30N4O2/c1-2-3-16-28-21-6-4-19(5-7-21)25-22(27)24-17-18-10-14-26(15-11-18)20-8-12-23-13-9-20/h4-9,12-13,18H,2-3,10-11,14-17H2,1H3,(H2,24,25,27). The van der Waals surface area contributed by atoms with Gasteiger partial charge in [-0.05, 0) is 61.6 Å². The molecule has 0 unspecified atom stereocenters. The lowest BCUT2D eigenvalue weighted by atomic mass is 9.96. The molecule has 0 bridgehead atoms. The van der Waals surface area contributed by atoms with Crippen molar-refractivity contribution in [2.75, 3.05) is 36.5 Å². The number of benzene rings is 1. The van der Waals surface area contributed by atoms with Crippen LogP contribution in [0.2, 0.25) is 0 Å². The first-order valence-corrected chi connectivity index (χ1v) is 10.2. The first-order valence-electron chi connectivity index (χ1n) is 10.2. The van der Waals surface area contributed by atoms with Gasteiger partial charge in [-0.25, -0.2) is 4.79 Å². The van der Waals surface area contributed by atoms with E-state index in [0.29, 0.717) is 12.5 Å². The van der Waals surface area contributed by atoms with Crippen LogP contribution in [0.15, 0.2) is 48.8 Å². The predicted molar refractivity (Wildman–Crippen MR) is 113 cm³/mol. The Labute approximate surface area is 167 Å². The minimum Gasteiger partial charge on any atom is -0.494 e. The normalized spacial score (nSPS) is 14.5. The molecule has 1 aromatic carbocycles. The van der Waals surface area contributed by atoms with E-state index in [2.05, 4.69) is 27.4 Å². The second kappa shape index (κ2) is 10.5. The smallest absolute Gasteiger partial charge is 0.319 e. The molecule has 0 radical (unpaired) electrons. The van der Waals surface area contributed by atoms with Gasteiger partial charge in [0.25, 0.3) is 0 Å². The van der Waals surface area contributed by atoms with Gasteiger partial charge in [0.2, 0.25) is 0 Å². The summed E-state index contributed by atoms with van der Waals surface area (Å²) in [5.74, 6) is 1.35. The SMILES string of the molecule is CCCCOc1ccc(NC(=O)NCC2CCN(c3ccncc3)CC2)cc1. The van der Waals surface area contributed by atoms with E-state index in [1.165, 1.54) is 5.69 Å². The number of aromatic nitrogens is 1. The number of piperidine rings is 1. The summed E-state index contributed by atoms with van der Waals surface area (Å²) in [6.07, 6.45) is 7.97. The summed E-state index contributed by atoms with van der Waals surface area (Å²) >= 11 is 0. The van der Waals surface area contributed by atoms with E-state index in [1.807, 2.05) is 48.8 Å². The van der Waals surface area contributed by atoms with E-state index < -0.39 is 0 Å². The molecule has 2 N–H and O–H groups in total. The maximum absolute atomic E-state index is 12.2. The third kappa shape index (κ3) is 6.15. The molecule has 2 heterocycles.